The normalized spacial score (nSPS) is 23.6. The number of hydrogen-bond donors (Lipinski definition) is 2. The highest BCUT2D eigenvalue weighted by Crippen LogP contribution is 2.28. The summed E-state index contributed by atoms with van der Waals surface area (Å²) in [4.78, 5) is 40.3. The van der Waals surface area contributed by atoms with Crippen LogP contribution < -0.4 is 15.5 Å². The zero-order chi connectivity index (χ0) is 21.8. The standard InChI is InChI=1S/C22H30FN5O3/c23-18-13-17(24-19-2-4-21(30)25-22(19)31)1-3-20(18)28-7-5-16(6-8-28)14-26-9-11-27(15-29)12-10-26/h1,3,13,15-16,19,24H,2,4-12,14H2,(H,25,30,31). The Morgan fingerprint density at radius 1 is 1.06 bits per heavy atom. The van der Waals surface area contributed by atoms with E-state index in [9.17, 15) is 18.8 Å². The van der Waals surface area contributed by atoms with Crippen LogP contribution in [0.3, 0.4) is 0 Å². The number of nitrogens with one attached hydrogen (secondary N) is 2. The van der Waals surface area contributed by atoms with Gasteiger partial charge in [0.15, 0.2) is 0 Å². The van der Waals surface area contributed by atoms with Gasteiger partial charge in [-0.2, -0.15) is 0 Å². The van der Waals surface area contributed by atoms with Crippen LogP contribution in [-0.2, 0) is 14.4 Å². The number of carbonyl (C=O) groups excluding carboxylic acids is 3. The minimum Gasteiger partial charge on any atom is -0.374 e. The van der Waals surface area contributed by atoms with E-state index in [0.717, 1.165) is 65.1 Å². The molecule has 0 spiro atoms. The molecule has 3 aliphatic heterocycles. The van der Waals surface area contributed by atoms with Crippen LogP contribution in [0, 0.1) is 11.7 Å². The SMILES string of the molecule is O=CN1CCN(CC2CCN(c3ccc(NC4CCC(=O)NC4=O)cc3F)CC2)CC1. The van der Waals surface area contributed by atoms with Crippen molar-refractivity contribution < 1.29 is 18.8 Å². The van der Waals surface area contributed by atoms with Crippen LogP contribution in [0.25, 0.3) is 0 Å². The second-order valence-corrected chi connectivity index (χ2v) is 8.69. The van der Waals surface area contributed by atoms with E-state index in [1.54, 1.807) is 12.1 Å². The number of piperazine rings is 1. The van der Waals surface area contributed by atoms with E-state index in [1.165, 1.54) is 6.07 Å². The molecule has 3 saturated heterocycles. The summed E-state index contributed by atoms with van der Waals surface area (Å²) in [6.07, 6.45) is 3.65. The van der Waals surface area contributed by atoms with Gasteiger partial charge in [-0.1, -0.05) is 0 Å². The fourth-order valence-electron chi connectivity index (χ4n) is 4.66. The molecule has 3 amide bonds. The largest absolute Gasteiger partial charge is 0.374 e. The Hall–Kier alpha value is -2.68. The van der Waals surface area contributed by atoms with Crippen LogP contribution in [0.1, 0.15) is 25.7 Å². The summed E-state index contributed by atoms with van der Waals surface area (Å²) in [6, 6.07) is 4.47. The van der Waals surface area contributed by atoms with E-state index in [0.29, 0.717) is 23.7 Å². The van der Waals surface area contributed by atoms with Gasteiger partial charge in [0.25, 0.3) is 0 Å². The lowest BCUT2D eigenvalue weighted by atomic mass is 9.95. The van der Waals surface area contributed by atoms with Gasteiger partial charge in [0, 0.05) is 57.9 Å². The monoisotopic (exact) mass is 431 g/mol. The van der Waals surface area contributed by atoms with Crippen molar-refractivity contribution >= 4 is 29.6 Å². The molecule has 1 aromatic carbocycles. The Bertz CT molecular complexity index is 819. The Kier molecular flexibility index (Phi) is 6.70. The fourth-order valence-corrected chi connectivity index (χ4v) is 4.66. The first kappa shape index (κ1) is 21.5. The smallest absolute Gasteiger partial charge is 0.249 e. The molecule has 1 atom stereocenters. The summed E-state index contributed by atoms with van der Waals surface area (Å²) < 4.78 is 14.8. The first-order valence-electron chi connectivity index (χ1n) is 11.1. The third-order valence-electron chi connectivity index (χ3n) is 6.56. The van der Waals surface area contributed by atoms with Crippen molar-refractivity contribution in [1.82, 2.24) is 15.1 Å². The minimum atomic E-state index is -0.521. The number of hydrogen-bond acceptors (Lipinski definition) is 6. The molecule has 9 heteroatoms. The molecule has 31 heavy (non-hydrogen) atoms. The predicted molar refractivity (Wildman–Crippen MR) is 115 cm³/mol. The highest BCUT2D eigenvalue weighted by atomic mass is 19.1. The average molecular weight is 432 g/mol. The summed E-state index contributed by atoms with van der Waals surface area (Å²) in [7, 11) is 0. The van der Waals surface area contributed by atoms with Gasteiger partial charge in [-0.05, 0) is 43.4 Å². The van der Waals surface area contributed by atoms with E-state index in [2.05, 4.69) is 20.4 Å². The number of rotatable bonds is 6. The van der Waals surface area contributed by atoms with Crippen molar-refractivity contribution in [3.63, 3.8) is 0 Å². The quantitative estimate of drug-likeness (QED) is 0.517. The average Bonchev–Trinajstić information content (AvgIpc) is 2.77. The molecule has 3 heterocycles. The summed E-state index contributed by atoms with van der Waals surface area (Å²) in [5, 5.41) is 5.33. The molecule has 2 N–H and O–H groups in total. The Morgan fingerprint density at radius 3 is 2.45 bits per heavy atom. The maximum Gasteiger partial charge on any atom is 0.249 e. The van der Waals surface area contributed by atoms with E-state index >= 15 is 0 Å². The molecule has 0 radical (unpaired) electrons. The highest BCUT2D eigenvalue weighted by Gasteiger charge is 2.27. The number of anilines is 2. The van der Waals surface area contributed by atoms with E-state index in [-0.39, 0.29) is 24.1 Å². The summed E-state index contributed by atoms with van der Waals surface area (Å²) in [5.41, 5.74) is 1.13. The number of halogens is 1. The second kappa shape index (κ2) is 9.64. The maximum atomic E-state index is 14.8. The Labute approximate surface area is 181 Å². The minimum absolute atomic E-state index is 0.267. The molecule has 1 unspecified atom stereocenters. The van der Waals surface area contributed by atoms with Gasteiger partial charge in [-0.25, -0.2) is 4.39 Å². The third-order valence-corrected chi connectivity index (χ3v) is 6.56. The van der Waals surface area contributed by atoms with Gasteiger partial charge in [0.05, 0.1) is 5.69 Å². The Balaban J connectivity index is 1.27. The van der Waals surface area contributed by atoms with Crippen molar-refractivity contribution in [2.75, 3.05) is 56.0 Å². The van der Waals surface area contributed by atoms with Crippen LogP contribution in [-0.4, -0.2) is 79.9 Å². The molecule has 3 fully saturated rings. The van der Waals surface area contributed by atoms with Crippen LogP contribution in [0.2, 0.25) is 0 Å². The maximum absolute atomic E-state index is 14.8. The predicted octanol–water partition coefficient (Wildman–Crippen LogP) is 1.03. The Morgan fingerprint density at radius 2 is 1.81 bits per heavy atom. The van der Waals surface area contributed by atoms with Gasteiger partial charge in [0.1, 0.15) is 11.9 Å². The van der Waals surface area contributed by atoms with Crippen molar-refractivity contribution in [2.24, 2.45) is 5.92 Å². The van der Waals surface area contributed by atoms with Crippen molar-refractivity contribution in [1.29, 1.82) is 0 Å². The number of piperidine rings is 2. The van der Waals surface area contributed by atoms with E-state index < -0.39 is 6.04 Å². The molecule has 8 nitrogen and oxygen atoms in total. The molecular formula is C22H30FN5O3. The fraction of sp³-hybridized carbons (Fsp3) is 0.591. The van der Waals surface area contributed by atoms with Crippen molar-refractivity contribution in [2.45, 2.75) is 31.7 Å². The summed E-state index contributed by atoms with van der Waals surface area (Å²) >= 11 is 0. The van der Waals surface area contributed by atoms with Crippen LogP contribution in [0.4, 0.5) is 15.8 Å². The highest BCUT2D eigenvalue weighted by molar-refractivity contribution is 6.01. The van der Waals surface area contributed by atoms with Gasteiger partial charge in [-0.3, -0.25) is 24.6 Å². The lowest BCUT2D eigenvalue weighted by molar-refractivity contribution is -0.133. The van der Waals surface area contributed by atoms with E-state index in [4.69, 9.17) is 0 Å². The first-order valence-corrected chi connectivity index (χ1v) is 11.1. The molecule has 0 bridgehead atoms. The molecule has 3 aliphatic rings. The van der Waals surface area contributed by atoms with Gasteiger partial charge >= 0.3 is 0 Å². The first-order chi connectivity index (χ1) is 15.0. The van der Waals surface area contributed by atoms with Crippen LogP contribution >= 0.6 is 0 Å². The second-order valence-electron chi connectivity index (χ2n) is 8.69. The number of benzene rings is 1. The van der Waals surface area contributed by atoms with E-state index in [1.807, 2.05) is 4.90 Å². The number of nitrogens with zero attached hydrogens (tertiary/aromatic N) is 3. The van der Waals surface area contributed by atoms with Crippen LogP contribution in [0.5, 0.6) is 0 Å². The van der Waals surface area contributed by atoms with Crippen molar-refractivity contribution in [3.05, 3.63) is 24.0 Å². The third kappa shape index (κ3) is 5.33. The lowest BCUT2D eigenvalue weighted by Gasteiger charge is -2.38. The topological polar surface area (TPSA) is 85.0 Å². The van der Waals surface area contributed by atoms with Gasteiger partial charge < -0.3 is 15.1 Å². The molecule has 0 aliphatic carbocycles. The number of imide groups is 1. The molecule has 1 aromatic rings. The molecule has 0 aromatic heterocycles. The summed E-state index contributed by atoms with van der Waals surface area (Å²) in [6.45, 7) is 6.12. The van der Waals surface area contributed by atoms with Crippen molar-refractivity contribution in [3.8, 4) is 0 Å². The zero-order valence-corrected chi connectivity index (χ0v) is 17.7. The molecular weight excluding hydrogens is 401 g/mol. The lowest BCUT2D eigenvalue weighted by Crippen LogP contribution is -2.48. The summed E-state index contributed by atoms with van der Waals surface area (Å²) in [5.74, 6) is -0.345. The molecule has 168 valence electrons. The van der Waals surface area contributed by atoms with Gasteiger partial charge in [0.2, 0.25) is 18.2 Å². The molecule has 4 rings (SSSR count). The zero-order valence-electron chi connectivity index (χ0n) is 17.7. The number of carbonyl (C=O) groups is 3. The molecule has 0 saturated carbocycles. The number of amides is 3. The van der Waals surface area contributed by atoms with Gasteiger partial charge in [-0.15, -0.1) is 0 Å². The van der Waals surface area contributed by atoms with Crippen LogP contribution in [0.15, 0.2) is 18.2 Å².